The van der Waals surface area contributed by atoms with Crippen LogP contribution in [0.4, 0.5) is 13.2 Å². The van der Waals surface area contributed by atoms with E-state index >= 15 is 0 Å². The fourth-order valence-corrected chi connectivity index (χ4v) is 6.03. The maximum Gasteiger partial charge on any atom is 0.434 e. The van der Waals surface area contributed by atoms with Crippen molar-refractivity contribution in [2.45, 2.75) is 56.7 Å². The highest BCUT2D eigenvalue weighted by atomic mass is 32.1. The van der Waals surface area contributed by atoms with E-state index in [9.17, 15) is 13.2 Å². The molecule has 0 bridgehead atoms. The molecule has 30 heavy (non-hydrogen) atoms. The highest BCUT2D eigenvalue weighted by Crippen LogP contribution is 2.40. The molecule has 4 heterocycles. The Morgan fingerprint density at radius 1 is 1.10 bits per heavy atom. The van der Waals surface area contributed by atoms with Crippen molar-refractivity contribution in [3.8, 4) is 10.6 Å². The number of hydrogen-bond acceptors (Lipinski definition) is 5. The third-order valence-electron chi connectivity index (χ3n) is 6.50. The smallest absolute Gasteiger partial charge is 0.300 e. The number of aromatic nitrogens is 3. The summed E-state index contributed by atoms with van der Waals surface area (Å²) in [5, 5.41) is 2.22. The molecule has 1 saturated heterocycles. The van der Waals surface area contributed by atoms with Crippen molar-refractivity contribution in [3.05, 3.63) is 35.1 Å². The lowest BCUT2D eigenvalue weighted by atomic mass is 9.81. The van der Waals surface area contributed by atoms with Gasteiger partial charge in [0.2, 0.25) is 0 Å². The van der Waals surface area contributed by atoms with Crippen LogP contribution >= 0.6 is 24.2 Å². The van der Waals surface area contributed by atoms with Gasteiger partial charge >= 0.3 is 6.18 Å². The van der Waals surface area contributed by atoms with Gasteiger partial charge < -0.3 is 4.90 Å². The Bertz CT molecular complexity index is 1040. The summed E-state index contributed by atoms with van der Waals surface area (Å²) in [6.07, 6.45) is 6.45. The largest absolute Gasteiger partial charge is 0.434 e. The third kappa shape index (κ3) is 3.76. The molecular formula is C21H23F3N4S2. The van der Waals surface area contributed by atoms with Crippen LogP contribution in [0.5, 0.6) is 0 Å². The first kappa shape index (κ1) is 20.3. The van der Waals surface area contributed by atoms with Crippen LogP contribution in [0.1, 0.15) is 55.7 Å². The lowest BCUT2D eigenvalue weighted by molar-refractivity contribution is -0.140. The number of alkyl halides is 3. The Hall–Kier alpha value is -1.58. The molecule has 5 rings (SSSR count). The molecule has 0 amide bonds. The van der Waals surface area contributed by atoms with Crippen molar-refractivity contribution < 1.29 is 13.2 Å². The summed E-state index contributed by atoms with van der Waals surface area (Å²) in [7, 11) is 0. The molecule has 1 aliphatic carbocycles. The Kier molecular flexibility index (Phi) is 5.31. The zero-order valence-electron chi connectivity index (χ0n) is 16.4. The van der Waals surface area contributed by atoms with Crippen LogP contribution in [0.2, 0.25) is 0 Å². The van der Waals surface area contributed by atoms with Crippen molar-refractivity contribution in [1.82, 2.24) is 18.8 Å². The highest BCUT2D eigenvalue weighted by Gasteiger charge is 2.34. The summed E-state index contributed by atoms with van der Waals surface area (Å²) >= 11 is 5.41. The van der Waals surface area contributed by atoms with Gasteiger partial charge in [0.25, 0.3) is 0 Å². The van der Waals surface area contributed by atoms with E-state index in [2.05, 4.69) is 33.7 Å². The van der Waals surface area contributed by atoms with Crippen LogP contribution in [0.25, 0.3) is 21.6 Å². The zero-order valence-corrected chi connectivity index (χ0v) is 18.1. The number of fused-ring (bicyclic) bond motifs is 1. The third-order valence-corrected chi connectivity index (χ3v) is 7.68. The Morgan fingerprint density at radius 2 is 1.83 bits per heavy atom. The second kappa shape index (κ2) is 7.84. The maximum atomic E-state index is 13.0. The zero-order chi connectivity index (χ0) is 20.9. The first-order valence-corrected chi connectivity index (χ1v) is 11.7. The molecule has 160 valence electrons. The molecule has 3 aromatic rings. The number of thiazole rings is 1. The number of halogens is 3. The summed E-state index contributed by atoms with van der Waals surface area (Å²) < 4.78 is 40.5. The van der Waals surface area contributed by atoms with E-state index in [4.69, 9.17) is 0 Å². The molecule has 0 atom stereocenters. The van der Waals surface area contributed by atoms with Gasteiger partial charge in [-0.05, 0) is 69.2 Å². The molecular weight excluding hydrogens is 429 g/mol. The van der Waals surface area contributed by atoms with Crippen molar-refractivity contribution >= 4 is 35.2 Å². The molecule has 0 spiro atoms. The van der Waals surface area contributed by atoms with Crippen LogP contribution in [0.3, 0.4) is 0 Å². The number of hydrogen-bond donors (Lipinski definition) is 1. The van der Waals surface area contributed by atoms with Crippen LogP contribution < -0.4 is 0 Å². The van der Waals surface area contributed by atoms with Gasteiger partial charge in [-0.1, -0.05) is 12.8 Å². The molecule has 2 aliphatic rings. The van der Waals surface area contributed by atoms with Crippen LogP contribution in [0, 0.1) is 0 Å². The van der Waals surface area contributed by atoms with Crippen LogP contribution in [0.15, 0.2) is 23.8 Å². The molecule has 1 aliphatic heterocycles. The quantitative estimate of drug-likeness (QED) is 0.496. The average Bonchev–Trinajstić information content (AvgIpc) is 3.48. The van der Waals surface area contributed by atoms with E-state index < -0.39 is 11.9 Å². The number of rotatable bonds is 3. The first-order valence-electron chi connectivity index (χ1n) is 10.4. The van der Waals surface area contributed by atoms with Gasteiger partial charge in [0.1, 0.15) is 10.7 Å². The Balaban J connectivity index is 1.41. The van der Waals surface area contributed by atoms with E-state index in [1.165, 1.54) is 38.8 Å². The molecule has 9 heteroatoms. The molecule has 1 saturated carbocycles. The van der Waals surface area contributed by atoms with Crippen molar-refractivity contribution in [2.75, 3.05) is 13.1 Å². The lowest BCUT2D eigenvalue weighted by Gasteiger charge is -2.34. The van der Waals surface area contributed by atoms with Gasteiger partial charge in [-0.25, -0.2) is 9.97 Å². The van der Waals surface area contributed by atoms with Crippen LogP contribution in [-0.4, -0.2) is 38.0 Å². The van der Waals surface area contributed by atoms with Gasteiger partial charge in [0.15, 0.2) is 5.69 Å². The monoisotopic (exact) mass is 452 g/mol. The molecule has 0 radical (unpaired) electrons. The van der Waals surface area contributed by atoms with E-state index in [1.54, 1.807) is 10.2 Å². The highest BCUT2D eigenvalue weighted by molar-refractivity contribution is 7.78. The molecule has 0 unspecified atom stereocenters. The predicted octanol–water partition coefficient (Wildman–Crippen LogP) is 5.99. The average molecular weight is 453 g/mol. The van der Waals surface area contributed by atoms with E-state index in [-0.39, 0.29) is 0 Å². The first-order chi connectivity index (χ1) is 14.4. The van der Waals surface area contributed by atoms with E-state index in [0.29, 0.717) is 28.2 Å². The maximum absolute atomic E-state index is 13.0. The van der Waals surface area contributed by atoms with Gasteiger partial charge in [-0.3, -0.25) is 3.97 Å². The minimum absolute atomic E-state index is 0.344. The number of nitrogens with zero attached hydrogens (tertiary/aromatic N) is 4. The summed E-state index contributed by atoms with van der Waals surface area (Å²) in [6.45, 7) is 2.46. The molecule has 0 aromatic carbocycles. The minimum Gasteiger partial charge on any atom is -0.300 e. The standard InChI is InChI=1S/C21H23F3N4S2/c22-21(23,24)18-12-30-20(26-18)17-11-28(29)19-16(17)9-14(10-25-19)13-3-5-15(6-4-13)27-7-1-2-8-27/h9-13,15,29H,1-8H2/t13-,15+. The lowest BCUT2D eigenvalue weighted by Crippen LogP contribution is -2.35. The number of pyridine rings is 1. The van der Waals surface area contributed by atoms with Gasteiger partial charge in [0.05, 0.1) is 0 Å². The molecule has 4 nitrogen and oxygen atoms in total. The topological polar surface area (TPSA) is 34.0 Å². The fraction of sp³-hybridized carbons (Fsp3) is 0.524. The van der Waals surface area contributed by atoms with E-state index in [0.717, 1.165) is 40.5 Å². The minimum atomic E-state index is -4.44. The second-order valence-electron chi connectivity index (χ2n) is 8.31. The second-order valence-corrected chi connectivity index (χ2v) is 9.60. The summed E-state index contributed by atoms with van der Waals surface area (Å²) in [4.78, 5) is 11.0. The predicted molar refractivity (Wildman–Crippen MR) is 116 cm³/mol. The van der Waals surface area contributed by atoms with E-state index in [1.807, 2.05) is 6.20 Å². The fourth-order valence-electron chi connectivity index (χ4n) is 4.91. The number of likely N-dealkylation sites (tertiary alicyclic amines) is 1. The van der Waals surface area contributed by atoms with Gasteiger partial charge in [-0.2, -0.15) is 13.2 Å². The Labute approximate surface area is 182 Å². The molecule has 2 fully saturated rings. The summed E-state index contributed by atoms with van der Waals surface area (Å²) in [5.41, 5.74) is 1.61. The normalized spacial score (nSPS) is 23.5. The van der Waals surface area contributed by atoms with Gasteiger partial charge in [0, 0.05) is 34.8 Å². The summed E-state index contributed by atoms with van der Waals surface area (Å²) in [6, 6.07) is 2.78. The van der Waals surface area contributed by atoms with Gasteiger partial charge in [-0.15, -0.1) is 11.3 Å². The van der Waals surface area contributed by atoms with Crippen molar-refractivity contribution in [2.24, 2.45) is 0 Å². The summed E-state index contributed by atoms with van der Waals surface area (Å²) in [5.74, 6) is 0.443. The van der Waals surface area contributed by atoms with Crippen molar-refractivity contribution in [1.29, 1.82) is 0 Å². The Morgan fingerprint density at radius 3 is 2.50 bits per heavy atom. The SMILES string of the molecule is FC(F)(F)c1csc(-c2cn(S)c3ncc([C@H]4CC[C@@H](N5CCCC5)CC4)cc23)n1. The number of thiol groups is 1. The van der Waals surface area contributed by atoms with Crippen LogP contribution in [-0.2, 0) is 6.18 Å². The van der Waals surface area contributed by atoms with Crippen molar-refractivity contribution in [3.63, 3.8) is 0 Å². The molecule has 0 N–H and O–H groups in total. The molecule has 3 aromatic heterocycles.